The summed E-state index contributed by atoms with van der Waals surface area (Å²) in [5, 5.41) is 10.1. The van der Waals surface area contributed by atoms with Crippen LogP contribution in [0.15, 0.2) is 42.2 Å². The van der Waals surface area contributed by atoms with Gasteiger partial charge in [0.1, 0.15) is 27.7 Å². The number of benzene rings is 1. The molecule has 0 aliphatic rings. The number of anilines is 1. The van der Waals surface area contributed by atoms with E-state index in [1.165, 1.54) is 34.6 Å². The minimum Gasteiger partial charge on any atom is -0.497 e. The Kier molecular flexibility index (Phi) is 6.43. The number of hydrogen-bond donors (Lipinski definition) is 2. The third-order valence-corrected chi connectivity index (χ3v) is 7.10. The molecule has 0 saturated heterocycles. The highest BCUT2D eigenvalue weighted by atomic mass is 32.1. The molecule has 0 radical (unpaired) electrons. The van der Waals surface area contributed by atoms with Gasteiger partial charge in [0.15, 0.2) is 0 Å². The lowest BCUT2D eigenvalue weighted by Gasteiger charge is -2.11. The van der Waals surface area contributed by atoms with E-state index in [9.17, 15) is 4.79 Å². The number of ether oxygens (including phenoxy) is 1. The van der Waals surface area contributed by atoms with Crippen molar-refractivity contribution < 1.29 is 9.53 Å². The molecule has 7 nitrogen and oxygen atoms in total. The van der Waals surface area contributed by atoms with E-state index in [1.807, 2.05) is 37.4 Å². The molecule has 1 aromatic carbocycles. The quantitative estimate of drug-likeness (QED) is 0.405. The molecule has 160 valence electrons. The molecule has 3 heterocycles. The number of methoxy groups -OCH3 is 1. The Morgan fingerprint density at radius 1 is 1.26 bits per heavy atom. The van der Waals surface area contributed by atoms with Gasteiger partial charge in [0, 0.05) is 18.1 Å². The van der Waals surface area contributed by atoms with Crippen LogP contribution in [0.3, 0.4) is 0 Å². The summed E-state index contributed by atoms with van der Waals surface area (Å²) in [5.41, 5.74) is 2.06. The minimum absolute atomic E-state index is 0.120. The van der Waals surface area contributed by atoms with Gasteiger partial charge in [0.05, 0.1) is 23.4 Å². The molecule has 2 N–H and O–H groups in total. The number of carbonyl (C=O) groups is 1. The predicted octanol–water partition coefficient (Wildman–Crippen LogP) is 4.61. The van der Waals surface area contributed by atoms with Crippen LogP contribution < -0.4 is 15.4 Å². The zero-order valence-corrected chi connectivity index (χ0v) is 19.1. The van der Waals surface area contributed by atoms with E-state index in [1.54, 1.807) is 13.3 Å². The Morgan fingerprint density at radius 3 is 2.90 bits per heavy atom. The zero-order valence-electron chi connectivity index (χ0n) is 17.5. The topological polar surface area (TPSA) is 89.0 Å². The average molecular weight is 454 g/mol. The van der Waals surface area contributed by atoms with Crippen molar-refractivity contribution in [2.24, 2.45) is 0 Å². The number of hydrogen-bond acceptors (Lipinski definition) is 8. The van der Waals surface area contributed by atoms with Crippen LogP contribution in [0.25, 0.3) is 10.2 Å². The van der Waals surface area contributed by atoms with Gasteiger partial charge in [-0.15, -0.1) is 22.7 Å². The standard InChI is InChI=1S/C22H23N5O2S2/c1-13-17-19(23-8-7-15-5-4-6-16(11-15)29-3)25-12-26-22(17)31-18(13)20(28)27-14(2)21-24-9-10-30-21/h4-6,9-12,14H,7-8H2,1-3H3,(H,27,28)(H,23,25,26). The fourth-order valence-corrected chi connectivity index (χ4v) is 5.05. The largest absolute Gasteiger partial charge is 0.497 e. The van der Waals surface area contributed by atoms with Crippen LogP contribution in [-0.2, 0) is 6.42 Å². The number of fused-ring (bicyclic) bond motifs is 1. The number of thiophene rings is 1. The molecule has 0 aliphatic heterocycles. The Balaban J connectivity index is 1.50. The number of nitrogens with one attached hydrogen (secondary N) is 2. The lowest BCUT2D eigenvalue weighted by Crippen LogP contribution is -2.26. The first kappa shape index (κ1) is 21.2. The first-order chi connectivity index (χ1) is 15.1. The Labute approximate surface area is 188 Å². The number of nitrogens with zero attached hydrogens (tertiary/aromatic N) is 3. The van der Waals surface area contributed by atoms with Gasteiger partial charge in [-0.2, -0.15) is 0 Å². The Hall–Kier alpha value is -3.04. The molecule has 0 bridgehead atoms. The van der Waals surface area contributed by atoms with E-state index < -0.39 is 0 Å². The van der Waals surface area contributed by atoms with Crippen LogP contribution in [0.4, 0.5) is 5.82 Å². The molecule has 0 fully saturated rings. The maximum absolute atomic E-state index is 12.9. The summed E-state index contributed by atoms with van der Waals surface area (Å²) in [6.45, 7) is 4.58. The summed E-state index contributed by atoms with van der Waals surface area (Å²) < 4.78 is 5.29. The second kappa shape index (κ2) is 9.40. The second-order valence-corrected chi connectivity index (χ2v) is 8.98. The zero-order chi connectivity index (χ0) is 21.8. The Bertz CT molecular complexity index is 1190. The van der Waals surface area contributed by atoms with Crippen LogP contribution in [0.5, 0.6) is 5.75 Å². The second-order valence-electron chi connectivity index (χ2n) is 7.05. The number of carbonyl (C=O) groups excluding carboxylic acids is 1. The molecule has 4 rings (SSSR count). The molecule has 0 aliphatic carbocycles. The molecule has 1 amide bonds. The highest BCUT2D eigenvalue weighted by Gasteiger charge is 2.21. The molecule has 4 aromatic rings. The fourth-order valence-electron chi connectivity index (χ4n) is 3.35. The van der Waals surface area contributed by atoms with Crippen molar-refractivity contribution in [1.82, 2.24) is 20.3 Å². The van der Waals surface area contributed by atoms with E-state index >= 15 is 0 Å². The molecule has 3 aromatic heterocycles. The number of amides is 1. The fraction of sp³-hybridized carbons (Fsp3) is 0.273. The van der Waals surface area contributed by atoms with Crippen LogP contribution in [-0.4, -0.2) is 34.5 Å². The summed E-state index contributed by atoms with van der Waals surface area (Å²) in [7, 11) is 1.67. The SMILES string of the molecule is COc1cccc(CCNc2ncnc3sc(C(=O)NC(C)c4nccs4)c(C)c23)c1. The lowest BCUT2D eigenvalue weighted by atomic mass is 10.1. The summed E-state index contributed by atoms with van der Waals surface area (Å²) in [6.07, 6.45) is 4.10. The van der Waals surface area contributed by atoms with Gasteiger partial charge in [-0.05, 0) is 43.5 Å². The maximum atomic E-state index is 12.9. The highest BCUT2D eigenvalue weighted by molar-refractivity contribution is 7.20. The van der Waals surface area contributed by atoms with Crippen molar-refractivity contribution in [3.05, 3.63) is 63.2 Å². The lowest BCUT2D eigenvalue weighted by molar-refractivity contribution is 0.0943. The predicted molar refractivity (Wildman–Crippen MR) is 125 cm³/mol. The van der Waals surface area contributed by atoms with Gasteiger partial charge in [0.2, 0.25) is 0 Å². The van der Waals surface area contributed by atoms with Crippen molar-refractivity contribution in [3.63, 3.8) is 0 Å². The molecule has 0 spiro atoms. The average Bonchev–Trinajstić information content (AvgIpc) is 3.43. The number of aromatic nitrogens is 3. The van der Waals surface area contributed by atoms with Crippen molar-refractivity contribution in [3.8, 4) is 5.75 Å². The molecule has 1 atom stereocenters. The van der Waals surface area contributed by atoms with E-state index in [0.717, 1.165) is 38.8 Å². The molecule has 0 saturated carbocycles. The first-order valence-corrected chi connectivity index (χ1v) is 11.6. The van der Waals surface area contributed by atoms with Crippen molar-refractivity contribution in [1.29, 1.82) is 0 Å². The van der Waals surface area contributed by atoms with Crippen LogP contribution >= 0.6 is 22.7 Å². The summed E-state index contributed by atoms with van der Waals surface area (Å²) in [4.78, 5) is 27.4. The molecule has 9 heteroatoms. The maximum Gasteiger partial charge on any atom is 0.262 e. The summed E-state index contributed by atoms with van der Waals surface area (Å²) >= 11 is 2.91. The van der Waals surface area contributed by atoms with Gasteiger partial charge in [-0.25, -0.2) is 15.0 Å². The summed E-state index contributed by atoms with van der Waals surface area (Å²) in [6, 6.07) is 7.86. The van der Waals surface area contributed by atoms with Crippen molar-refractivity contribution in [2.45, 2.75) is 26.3 Å². The smallest absolute Gasteiger partial charge is 0.262 e. The molecule has 1 unspecified atom stereocenters. The minimum atomic E-state index is -0.149. The van der Waals surface area contributed by atoms with E-state index in [-0.39, 0.29) is 11.9 Å². The third-order valence-electron chi connectivity index (χ3n) is 4.94. The number of thiazole rings is 1. The van der Waals surface area contributed by atoms with Crippen LogP contribution in [0.1, 0.15) is 38.8 Å². The molecular weight excluding hydrogens is 430 g/mol. The monoisotopic (exact) mass is 453 g/mol. The van der Waals surface area contributed by atoms with E-state index in [0.29, 0.717) is 11.4 Å². The van der Waals surface area contributed by atoms with Crippen LogP contribution in [0.2, 0.25) is 0 Å². The van der Waals surface area contributed by atoms with Crippen molar-refractivity contribution in [2.75, 3.05) is 19.0 Å². The normalized spacial score (nSPS) is 12.0. The van der Waals surface area contributed by atoms with Gasteiger partial charge in [-0.1, -0.05) is 12.1 Å². The first-order valence-electron chi connectivity index (χ1n) is 9.88. The summed E-state index contributed by atoms with van der Waals surface area (Å²) in [5.74, 6) is 1.47. The van der Waals surface area contributed by atoms with Crippen molar-refractivity contribution >= 4 is 44.6 Å². The third kappa shape index (κ3) is 4.67. The number of aryl methyl sites for hydroxylation is 1. The van der Waals surface area contributed by atoms with Crippen LogP contribution in [0, 0.1) is 6.92 Å². The van der Waals surface area contributed by atoms with Gasteiger partial charge in [0.25, 0.3) is 5.91 Å². The van der Waals surface area contributed by atoms with Gasteiger partial charge >= 0.3 is 0 Å². The molecule has 31 heavy (non-hydrogen) atoms. The molecular formula is C22H23N5O2S2. The van der Waals surface area contributed by atoms with E-state index in [2.05, 4.69) is 31.7 Å². The Morgan fingerprint density at radius 2 is 2.13 bits per heavy atom. The van der Waals surface area contributed by atoms with Gasteiger partial charge in [-0.3, -0.25) is 4.79 Å². The van der Waals surface area contributed by atoms with E-state index in [4.69, 9.17) is 4.74 Å². The van der Waals surface area contributed by atoms with Gasteiger partial charge < -0.3 is 15.4 Å². The number of rotatable bonds is 8. The highest BCUT2D eigenvalue weighted by Crippen LogP contribution is 2.33.